The smallest absolute Gasteiger partial charge is 0.133 e. The highest BCUT2D eigenvalue weighted by Crippen LogP contribution is 2.38. The normalized spacial score (nSPS) is 20.6. The van der Waals surface area contributed by atoms with Crippen LogP contribution in [0.4, 0.5) is 0 Å². The van der Waals surface area contributed by atoms with Crippen LogP contribution >= 0.6 is 0 Å². The Bertz CT molecular complexity index is 449. The molecule has 0 radical (unpaired) electrons. The highest BCUT2D eigenvalue weighted by Gasteiger charge is 2.23. The number of aryl methyl sites for hydroxylation is 2. The van der Waals surface area contributed by atoms with Crippen molar-refractivity contribution >= 4 is 5.78 Å². The Morgan fingerprint density at radius 1 is 1.22 bits per heavy atom. The molecular weight excluding hydrogens is 224 g/mol. The molecule has 1 aliphatic rings. The molecule has 98 valence electrons. The Morgan fingerprint density at radius 3 is 2.72 bits per heavy atom. The molecular formula is C16H22O2. The molecule has 1 saturated carbocycles. The molecule has 1 aliphatic carbocycles. The summed E-state index contributed by atoms with van der Waals surface area (Å²) >= 11 is 0. The summed E-state index contributed by atoms with van der Waals surface area (Å²) in [5.41, 5.74) is 3.72. The minimum atomic E-state index is 0.343. The van der Waals surface area contributed by atoms with Crippen molar-refractivity contribution in [1.29, 1.82) is 0 Å². The molecule has 0 amide bonds. The fourth-order valence-electron chi connectivity index (χ4n) is 3.07. The van der Waals surface area contributed by atoms with Gasteiger partial charge in [0, 0.05) is 18.4 Å². The molecule has 0 saturated heterocycles. The van der Waals surface area contributed by atoms with Gasteiger partial charge in [0.1, 0.15) is 11.5 Å². The molecule has 2 heteroatoms. The fraction of sp³-hybridized carbons (Fsp3) is 0.562. The second-order valence-corrected chi connectivity index (χ2v) is 5.38. The van der Waals surface area contributed by atoms with Gasteiger partial charge in [-0.2, -0.15) is 0 Å². The number of ketones is 1. The van der Waals surface area contributed by atoms with E-state index < -0.39 is 0 Å². The SMILES string of the molecule is COc1cc(C)cc(C)c1C1CCCCC(=O)C1. The summed E-state index contributed by atoms with van der Waals surface area (Å²) in [5.74, 6) is 1.70. The van der Waals surface area contributed by atoms with Gasteiger partial charge >= 0.3 is 0 Å². The third-order valence-electron chi connectivity index (χ3n) is 3.85. The Kier molecular flexibility index (Phi) is 4.05. The minimum absolute atomic E-state index is 0.343. The molecule has 18 heavy (non-hydrogen) atoms. The monoisotopic (exact) mass is 246 g/mol. The number of carbonyl (C=O) groups is 1. The van der Waals surface area contributed by atoms with E-state index in [-0.39, 0.29) is 0 Å². The third-order valence-corrected chi connectivity index (χ3v) is 3.85. The summed E-state index contributed by atoms with van der Waals surface area (Å²) < 4.78 is 5.52. The topological polar surface area (TPSA) is 26.3 Å². The van der Waals surface area contributed by atoms with Gasteiger partial charge < -0.3 is 4.74 Å². The van der Waals surface area contributed by atoms with Gasteiger partial charge in [-0.05, 0) is 49.8 Å². The first-order valence-corrected chi connectivity index (χ1v) is 6.78. The second kappa shape index (κ2) is 5.55. The first-order chi connectivity index (χ1) is 8.61. The van der Waals surface area contributed by atoms with Gasteiger partial charge in [-0.3, -0.25) is 4.79 Å². The van der Waals surface area contributed by atoms with E-state index in [4.69, 9.17) is 4.74 Å². The number of hydrogen-bond donors (Lipinski definition) is 0. The fourth-order valence-corrected chi connectivity index (χ4v) is 3.07. The van der Waals surface area contributed by atoms with E-state index in [1.807, 2.05) is 0 Å². The van der Waals surface area contributed by atoms with E-state index >= 15 is 0 Å². The Balaban J connectivity index is 2.39. The maximum atomic E-state index is 11.8. The molecule has 1 unspecified atom stereocenters. The van der Waals surface area contributed by atoms with E-state index in [1.165, 1.54) is 16.7 Å². The molecule has 0 bridgehead atoms. The van der Waals surface area contributed by atoms with Crippen LogP contribution < -0.4 is 4.74 Å². The standard InChI is InChI=1S/C16H22O2/c1-11-8-12(2)16(15(9-11)18-3)13-6-4-5-7-14(17)10-13/h8-9,13H,4-7,10H2,1-3H3. The van der Waals surface area contributed by atoms with E-state index in [9.17, 15) is 4.79 Å². The molecule has 2 nitrogen and oxygen atoms in total. The second-order valence-electron chi connectivity index (χ2n) is 5.38. The summed E-state index contributed by atoms with van der Waals surface area (Å²) in [5, 5.41) is 0. The summed E-state index contributed by atoms with van der Waals surface area (Å²) in [7, 11) is 1.72. The molecule has 0 N–H and O–H groups in total. The van der Waals surface area contributed by atoms with E-state index in [1.54, 1.807) is 7.11 Å². The predicted molar refractivity (Wildman–Crippen MR) is 73.3 cm³/mol. The van der Waals surface area contributed by atoms with Crippen molar-refractivity contribution < 1.29 is 9.53 Å². The molecule has 2 rings (SSSR count). The number of methoxy groups -OCH3 is 1. The number of carbonyl (C=O) groups excluding carboxylic acids is 1. The van der Waals surface area contributed by atoms with Crippen LogP contribution in [0.2, 0.25) is 0 Å². The Morgan fingerprint density at radius 2 is 2.00 bits per heavy atom. The van der Waals surface area contributed by atoms with E-state index in [0.29, 0.717) is 18.1 Å². The number of benzene rings is 1. The predicted octanol–water partition coefficient (Wildman–Crippen LogP) is 3.93. The molecule has 0 heterocycles. The molecule has 1 fully saturated rings. The molecule has 1 aromatic carbocycles. The summed E-state index contributed by atoms with van der Waals surface area (Å²) in [4.78, 5) is 11.8. The Labute approximate surface area is 109 Å². The molecule has 0 spiro atoms. The molecule has 0 aromatic heterocycles. The zero-order valence-corrected chi connectivity index (χ0v) is 11.6. The average Bonchev–Trinajstić information content (AvgIpc) is 2.52. The lowest BCUT2D eigenvalue weighted by Gasteiger charge is -2.20. The van der Waals surface area contributed by atoms with Crippen LogP contribution in [0.3, 0.4) is 0 Å². The average molecular weight is 246 g/mol. The molecule has 1 atom stereocenters. The van der Waals surface area contributed by atoms with Crippen molar-refractivity contribution in [1.82, 2.24) is 0 Å². The highest BCUT2D eigenvalue weighted by molar-refractivity contribution is 5.79. The van der Waals surface area contributed by atoms with Crippen molar-refractivity contribution in [3.63, 3.8) is 0 Å². The van der Waals surface area contributed by atoms with Crippen molar-refractivity contribution in [2.45, 2.75) is 51.9 Å². The summed E-state index contributed by atoms with van der Waals surface area (Å²) in [6.07, 6.45) is 4.73. The first-order valence-electron chi connectivity index (χ1n) is 6.78. The van der Waals surface area contributed by atoms with Crippen molar-refractivity contribution in [2.75, 3.05) is 7.11 Å². The van der Waals surface area contributed by atoms with Gasteiger partial charge in [-0.25, -0.2) is 0 Å². The van der Waals surface area contributed by atoms with Crippen LogP contribution in [0, 0.1) is 13.8 Å². The lowest BCUT2D eigenvalue weighted by atomic mass is 9.87. The first kappa shape index (κ1) is 13.1. The van der Waals surface area contributed by atoms with Crippen molar-refractivity contribution in [2.24, 2.45) is 0 Å². The largest absolute Gasteiger partial charge is 0.496 e. The van der Waals surface area contributed by atoms with E-state index in [0.717, 1.165) is 31.4 Å². The van der Waals surface area contributed by atoms with Crippen LogP contribution in [0.25, 0.3) is 0 Å². The van der Waals surface area contributed by atoms with Crippen LogP contribution in [0.5, 0.6) is 5.75 Å². The number of rotatable bonds is 2. The van der Waals surface area contributed by atoms with Gasteiger partial charge in [0.15, 0.2) is 0 Å². The zero-order chi connectivity index (χ0) is 13.1. The molecule has 1 aromatic rings. The molecule has 0 aliphatic heterocycles. The van der Waals surface area contributed by atoms with E-state index in [2.05, 4.69) is 26.0 Å². The number of hydrogen-bond acceptors (Lipinski definition) is 2. The third kappa shape index (κ3) is 2.74. The van der Waals surface area contributed by atoms with Crippen LogP contribution in [-0.2, 0) is 4.79 Å². The zero-order valence-electron chi connectivity index (χ0n) is 11.6. The number of Topliss-reactive ketones (excluding diaryl/α,β-unsaturated/α-hetero) is 1. The van der Waals surface area contributed by atoms with Gasteiger partial charge in [0.25, 0.3) is 0 Å². The lowest BCUT2D eigenvalue weighted by molar-refractivity contribution is -0.119. The van der Waals surface area contributed by atoms with Crippen LogP contribution in [-0.4, -0.2) is 12.9 Å². The quantitative estimate of drug-likeness (QED) is 0.739. The van der Waals surface area contributed by atoms with Gasteiger partial charge in [-0.1, -0.05) is 12.5 Å². The maximum Gasteiger partial charge on any atom is 0.133 e. The summed E-state index contributed by atoms with van der Waals surface area (Å²) in [6, 6.07) is 4.27. The van der Waals surface area contributed by atoms with Crippen LogP contribution in [0.1, 0.15) is 54.7 Å². The van der Waals surface area contributed by atoms with Crippen LogP contribution in [0.15, 0.2) is 12.1 Å². The Hall–Kier alpha value is -1.31. The van der Waals surface area contributed by atoms with Gasteiger partial charge in [0.2, 0.25) is 0 Å². The summed E-state index contributed by atoms with van der Waals surface area (Å²) in [6.45, 7) is 4.21. The maximum absolute atomic E-state index is 11.8. The van der Waals surface area contributed by atoms with Crippen molar-refractivity contribution in [3.8, 4) is 5.75 Å². The van der Waals surface area contributed by atoms with Gasteiger partial charge in [0.05, 0.1) is 7.11 Å². The number of ether oxygens (including phenoxy) is 1. The van der Waals surface area contributed by atoms with Gasteiger partial charge in [-0.15, -0.1) is 0 Å². The lowest BCUT2D eigenvalue weighted by Crippen LogP contribution is -2.07. The van der Waals surface area contributed by atoms with Crippen molar-refractivity contribution in [3.05, 3.63) is 28.8 Å². The highest BCUT2D eigenvalue weighted by atomic mass is 16.5. The minimum Gasteiger partial charge on any atom is -0.496 e.